The summed E-state index contributed by atoms with van der Waals surface area (Å²) in [5.41, 5.74) is 0.0149. The molecule has 3 fully saturated rings. The Morgan fingerprint density at radius 2 is 1.12 bits per heavy atom. The summed E-state index contributed by atoms with van der Waals surface area (Å²) in [6.07, 6.45) is 0.559. The molecule has 99 heavy (non-hydrogen) atoms. The molecule has 9 atom stereocenters. The second kappa shape index (κ2) is 37.5. The quantitative estimate of drug-likeness (QED) is 0.187. The topological polar surface area (TPSA) is 279 Å². The van der Waals surface area contributed by atoms with Crippen LogP contribution in [0.3, 0.4) is 0 Å². The first-order chi connectivity index (χ1) is 46.4. The summed E-state index contributed by atoms with van der Waals surface area (Å²) in [5.74, 6) is -9.70. The average Bonchev–Trinajstić information content (AvgIpc) is 1.45. The highest BCUT2D eigenvalue weighted by Gasteiger charge is 2.43. The smallest absolute Gasteiger partial charge is 0.343 e. The van der Waals surface area contributed by atoms with Crippen molar-refractivity contribution in [3.8, 4) is 0 Å². The number of hydrogen-bond acceptors (Lipinski definition) is 12. The van der Waals surface area contributed by atoms with Crippen LogP contribution >= 0.6 is 11.6 Å². The Morgan fingerprint density at radius 3 is 1.70 bits per heavy atom. The second-order valence-corrected chi connectivity index (χ2v) is 28.6. The maximum Gasteiger partial charge on any atom is 0.416 e. The molecular weight excluding hydrogens is 1310 g/mol. The zero-order chi connectivity index (χ0) is 73.9. The van der Waals surface area contributed by atoms with E-state index in [-0.39, 0.29) is 56.3 Å². The number of rotatable bonds is 14. The van der Waals surface area contributed by atoms with Crippen molar-refractivity contribution in [1.82, 2.24) is 60.5 Å². The molecule has 1 aliphatic carbocycles. The number of likely N-dealkylation sites (tertiary alicyclic amines) is 1. The summed E-state index contributed by atoms with van der Waals surface area (Å²) < 4.78 is 41.1. The van der Waals surface area contributed by atoms with Gasteiger partial charge in [0.2, 0.25) is 70.9 Å². The van der Waals surface area contributed by atoms with Crippen LogP contribution in [-0.4, -0.2) is 240 Å². The molecule has 2 aromatic carbocycles. The first kappa shape index (κ1) is 81.8. The van der Waals surface area contributed by atoms with Crippen LogP contribution in [0.4, 0.5) is 13.2 Å². The molecule has 4 N–H and O–H groups in total. The van der Waals surface area contributed by atoms with Gasteiger partial charge in [-0.15, -0.1) is 0 Å². The van der Waals surface area contributed by atoms with Gasteiger partial charge in [-0.05, 0) is 111 Å². The molecule has 0 spiro atoms. The Morgan fingerprint density at radius 1 is 0.556 bits per heavy atom. The summed E-state index contributed by atoms with van der Waals surface area (Å²) >= 11 is 6.22. The zero-order valence-electron chi connectivity index (χ0n) is 60.2. The third-order valence-corrected chi connectivity index (χ3v) is 19.8. The highest BCUT2D eigenvalue weighted by Crippen LogP contribution is 2.32. The maximum absolute atomic E-state index is 15.5. The Labute approximate surface area is 586 Å². The van der Waals surface area contributed by atoms with E-state index in [9.17, 15) is 56.3 Å². The number of alkyl halides is 3. The number of amides is 12. The van der Waals surface area contributed by atoms with Crippen molar-refractivity contribution in [3.63, 3.8) is 0 Å². The van der Waals surface area contributed by atoms with Crippen LogP contribution in [-0.2, 0) is 76.6 Å². The molecule has 2 saturated heterocycles. The monoisotopic (exact) mass is 1410 g/mol. The Kier molecular flexibility index (Phi) is 31.0. The zero-order valence-corrected chi connectivity index (χ0v) is 60.9. The lowest BCUT2D eigenvalue weighted by atomic mass is 9.84. The van der Waals surface area contributed by atoms with Gasteiger partial charge in [0.15, 0.2) is 0 Å². The van der Waals surface area contributed by atoms with E-state index in [4.69, 9.17) is 11.6 Å². The largest absolute Gasteiger partial charge is 0.416 e. The van der Waals surface area contributed by atoms with Gasteiger partial charge in [-0.25, -0.2) is 0 Å². The molecule has 3 aliphatic rings. The van der Waals surface area contributed by atoms with Crippen molar-refractivity contribution in [2.24, 2.45) is 23.7 Å². The molecule has 2 aromatic rings. The standard InChI is InChI=1S/C71H106ClF3N12O12/c1-15-45(6)62-70(99)82(10)41-60(90)80(8)42-61(91)84(12)56(38-49-25-30-51(72)31-26-49)68(97)81(9)40-58(88)76-52(32-27-47-23-28-50(29-24-47)71(73,74)75)64(93)77-53(35-43(2)3)66(95)86(14)57(37-48-21-17-16-18-22-48)69(98)85(13)55(36-44(4)5)65(94)78-54(67(96)87-33-19-20-34-87)39-59(89)83(11)46(7)63(92)79-62/h23-26,28-31,43-46,48,52-57,62H,15-22,27,32-42H2,1-14H3,(H,76,88)(H,77,93)(H,78,94)(H,79,92)/t45-,46-,52-,53+,54-,55-,56-,57-,62-/m0/s1. The van der Waals surface area contributed by atoms with Gasteiger partial charge in [-0.1, -0.05) is 116 Å². The third-order valence-electron chi connectivity index (χ3n) is 19.5. The van der Waals surface area contributed by atoms with Gasteiger partial charge in [-0.3, -0.25) is 57.5 Å². The van der Waals surface area contributed by atoms with E-state index in [0.29, 0.717) is 48.5 Å². The van der Waals surface area contributed by atoms with E-state index < -0.39 is 163 Å². The fourth-order valence-corrected chi connectivity index (χ4v) is 12.9. The third kappa shape index (κ3) is 23.6. The van der Waals surface area contributed by atoms with Crippen LogP contribution in [0, 0.1) is 23.7 Å². The number of carbonyl (C=O) groups excluding carboxylic acids is 12. The van der Waals surface area contributed by atoms with Crippen LogP contribution in [0.2, 0.25) is 5.02 Å². The molecule has 0 aromatic heterocycles. The van der Waals surface area contributed by atoms with Crippen molar-refractivity contribution in [2.75, 3.05) is 82.1 Å². The predicted octanol–water partition coefficient (Wildman–Crippen LogP) is 5.31. The number of aryl methyl sites for hydroxylation is 1. The molecule has 0 radical (unpaired) electrons. The lowest BCUT2D eigenvalue weighted by Crippen LogP contribution is -2.60. The lowest BCUT2D eigenvalue weighted by molar-refractivity contribution is -0.151. The lowest BCUT2D eigenvalue weighted by Gasteiger charge is -2.38. The van der Waals surface area contributed by atoms with E-state index in [2.05, 4.69) is 21.3 Å². The molecule has 28 heteroatoms. The molecule has 12 amide bonds. The first-order valence-electron chi connectivity index (χ1n) is 34.6. The van der Waals surface area contributed by atoms with E-state index in [1.807, 2.05) is 27.7 Å². The molecule has 5 rings (SSSR count). The number of benzene rings is 2. The van der Waals surface area contributed by atoms with Crippen LogP contribution in [0.1, 0.15) is 149 Å². The van der Waals surface area contributed by atoms with Crippen molar-refractivity contribution in [1.29, 1.82) is 0 Å². The fourth-order valence-electron chi connectivity index (χ4n) is 12.8. The van der Waals surface area contributed by atoms with Crippen LogP contribution in [0.5, 0.6) is 0 Å². The highest BCUT2D eigenvalue weighted by atomic mass is 35.5. The normalized spacial score (nSPS) is 24.7. The molecule has 24 nitrogen and oxygen atoms in total. The van der Waals surface area contributed by atoms with Gasteiger partial charge in [0.1, 0.15) is 48.3 Å². The van der Waals surface area contributed by atoms with Crippen LogP contribution in [0.25, 0.3) is 0 Å². The minimum Gasteiger partial charge on any atom is -0.343 e. The summed E-state index contributed by atoms with van der Waals surface area (Å²) in [6, 6.07) is 0.142. The highest BCUT2D eigenvalue weighted by molar-refractivity contribution is 6.30. The molecule has 2 aliphatic heterocycles. The van der Waals surface area contributed by atoms with Crippen molar-refractivity contribution in [2.45, 2.75) is 199 Å². The second-order valence-electron chi connectivity index (χ2n) is 28.2. The minimum atomic E-state index is -4.64. The van der Waals surface area contributed by atoms with E-state index in [1.54, 1.807) is 43.0 Å². The Bertz CT molecular complexity index is 3150. The number of halogens is 4. The molecule has 550 valence electrons. The average molecular weight is 1410 g/mol. The van der Waals surface area contributed by atoms with Gasteiger partial charge in [-0.2, -0.15) is 13.2 Å². The molecule has 2 heterocycles. The van der Waals surface area contributed by atoms with E-state index in [1.165, 1.54) is 78.2 Å². The van der Waals surface area contributed by atoms with Gasteiger partial charge < -0.3 is 60.5 Å². The Balaban J connectivity index is 1.63. The van der Waals surface area contributed by atoms with Gasteiger partial charge in [0.05, 0.1) is 31.6 Å². The van der Waals surface area contributed by atoms with Gasteiger partial charge >= 0.3 is 6.18 Å². The first-order valence-corrected chi connectivity index (χ1v) is 35.0. The molecule has 1 saturated carbocycles. The summed E-state index contributed by atoms with van der Waals surface area (Å²) in [4.78, 5) is 185. The molecular formula is C71H106ClF3N12O12. The predicted molar refractivity (Wildman–Crippen MR) is 367 cm³/mol. The summed E-state index contributed by atoms with van der Waals surface area (Å²) in [6.45, 7) is 11.1. The number of nitrogens with zero attached hydrogens (tertiary/aromatic N) is 8. The van der Waals surface area contributed by atoms with Gasteiger partial charge in [0, 0.05) is 73.9 Å². The number of hydrogen-bond donors (Lipinski definition) is 4. The Hall–Kier alpha value is -7.84. The van der Waals surface area contributed by atoms with Crippen LogP contribution < -0.4 is 21.3 Å². The van der Waals surface area contributed by atoms with E-state index >= 15 is 14.4 Å². The van der Waals surface area contributed by atoms with Crippen molar-refractivity contribution >= 4 is 82.5 Å². The van der Waals surface area contributed by atoms with Gasteiger partial charge in [0.25, 0.3) is 0 Å². The van der Waals surface area contributed by atoms with E-state index in [0.717, 1.165) is 68.7 Å². The molecule has 0 bridgehead atoms. The minimum absolute atomic E-state index is 0.0224. The number of nitrogens with one attached hydrogen (secondary N) is 4. The summed E-state index contributed by atoms with van der Waals surface area (Å²) in [5, 5.41) is 11.5. The maximum atomic E-state index is 15.5. The molecule has 0 unspecified atom stereocenters. The van der Waals surface area contributed by atoms with Crippen molar-refractivity contribution in [3.05, 3.63) is 70.2 Å². The van der Waals surface area contributed by atoms with Crippen LogP contribution in [0.15, 0.2) is 48.5 Å². The SMILES string of the molecule is CC[C@H](C)[C@@H]1NC(=O)[C@H](C)N(C)C(=O)C[C@@H](C(=O)N2CCCC2)NC(=O)[C@H](CC(C)C)N(C)C(=O)[C@H](CC2CCCCC2)N(C)C(=O)[C@@H](CC(C)C)NC(=O)[C@H](CCc2ccc(C(F)(F)F)cc2)NC(=O)CN(C)C(=O)[C@H](Cc2ccc(Cl)cc2)N(C)C(=O)CN(C)C(=O)CN(C)C1=O. The summed E-state index contributed by atoms with van der Waals surface area (Å²) in [7, 11) is 9.57. The van der Waals surface area contributed by atoms with Crippen molar-refractivity contribution < 1.29 is 70.7 Å². The number of carbonyl (C=O) groups is 12. The number of likely N-dealkylation sites (N-methyl/N-ethyl adjacent to an activating group) is 7. The fraction of sp³-hybridized carbons (Fsp3) is 0.662.